The second-order valence-electron chi connectivity index (χ2n) is 5.24. The summed E-state index contributed by atoms with van der Waals surface area (Å²) in [6.45, 7) is 0. The predicted octanol–water partition coefficient (Wildman–Crippen LogP) is -0.856. The van der Waals surface area contributed by atoms with Gasteiger partial charge >= 0.3 is 5.97 Å². The monoisotopic (exact) mass is 325 g/mol. The van der Waals surface area contributed by atoms with E-state index in [-0.39, 0.29) is 11.5 Å². The van der Waals surface area contributed by atoms with Crippen LogP contribution in [0.3, 0.4) is 0 Å². The smallest absolute Gasteiger partial charge is 0.335 e. The Kier molecular flexibility index (Phi) is 3.86. The lowest BCUT2D eigenvalue weighted by atomic mass is 9.99. The number of phenols is 1. The number of benzene rings is 1. The van der Waals surface area contributed by atoms with Crippen LogP contribution in [-0.4, -0.2) is 67.2 Å². The molecule has 6 N–H and O–H groups in total. The standard InChI is InChI=1S/C14H15NO8/c16-7-3-5-1-2-15-6(5)4-8(7)22-14-11(19)9(17)10(18)12(23-14)13(20)21/h1-4,9-12,14-19H,(H,20,21)/t9-,10-,11+,12-,14+/m1/s1. The van der Waals surface area contributed by atoms with Crippen LogP contribution in [0.4, 0.5) is 0 Å². The van der Waals surface area contributed by atoms with Gasteiger partial charge < -0.3 is 40.0 Å². The fourth-order valence-corrected chi connectivity index (χ4v) is 2.44. The van der Waals surface area contributed by atoms with E-state index in [0.717, 1.165) is 5.39 Å². The third kappa shape index (κ3) is 2.70. The molecule has 1 saturated heterocycles. The highest BCUT2D eigenvalue weighted by atomic mass is 16.7. The van der Waals surface area contributed by atoms with Crippen LogP contribution in [0.5, 0.6) is 11.5 Å². The minimum Gasteiger partial charge on any atom is -0.504 e. The molecule has 1 aromatic heterocycles. The van der Waals surface area contributed by atoms with Crippen LogP contribution in [0.15, 0.2) is 24.4 Å². The SMILES string of the molecule is O=C(O)[C@@H]1O[C@H](Oc2cc3[nH]ccc3cc2O)[C@@H](O)[C@H](O)[C@H]1O. The van der Waals surface area contributed by atoms with Gasteiger partial charge in [0.1, 0.15) is 18.3 Å². The molecule has 0 saturated carbocycles. The summed E-state index contributed by atoms with van der Waals surface area (Å²) in [5.41, 5.74) is 0.637. The lowest BCUT2D eigenvalue weighted by Gasteiger charge is -2.38. The van der Waals surface area contributed by atoms with Crippen LogP contribution in [-0.2, 0) is 9.53 Å². The first kappa shape index (κ1) is 15.6. The average molecular weight is 325 g/mol. The Labute approximate surface area is 129 Å². The molecule has 0 spiro atoms. The maximum Gasteiger partial charge on any atom is 0.335 e. The molecule has 1 aromatic carbocycles. The second kappa shape index (κ2) is 5.70. The van der Waals surface area contributed by atoms with Gasteiger partial charge in [-0.15, -0.1) is 0 Å². The molecule has 0 unspecified atom stereocenters. The Morgan fingerprint density at radius 1 is 1.17 bits per heavy atom. The zero-order valence-electron chi connectivity index (χ0n) is 11.7. The number of aromatic amines is 1. The number of nitrogens with one attached hydrogen (secondary N) is 1. The number of aromatic nitrogens is 1. The minimum atomic E-state index is -1.80. The lowest BCUT2D eigenvalue weighted by molar-refractivity contribution is -0.271. The highest BCUT2D eigenvalue weighted by molar-refractivity contribution is 5.83. The van der Waals surface area contributed by atoms with Gasteiger partial charge in [-0.1, -0.05) is 0 Å². The van der Waals surface area contributed by atoms with Crippen molar-refractivity contribution in [1.29, 1.82) is 0 Å². The fraction of sp³-hybridized carbons (Fsp3) is 0.357. The zero-order chi connectivity index (χ0) is 16.7. The molecule has 0 amide bonds. The molecule has 3 rings (SSSR count). The molecule has 2 heterocycles. The van der Waals surface area contributed by atoms with Gasteiger partial charge in [-0.3, -0.25) is 0 Å². The van der Waals surface area contributed by atoms with E-state index >= 15 is 0 Å². The molecular weight excluding hydrogens is 310 g/mol. The Morgan fingerprint density at radius 3 is 2.61 bits per heavy atom. The summed E-state index contributed by atoms with van der Waals surface area (Å²) >= 11 is 0. The van der Waals surface area contributed by atoms with E-state index in [4.69, 9.17) is 14.6 Å². The fourth-order valence-electron chi connectivity index (χ4n) is 2.44. The van der Waals surface area contributed by atoms with Gasteiger partial charge in [-0.25, -0.2) is 4.79 Å². The third-order valence-electron chi connectivity index (χ3n) is 3.69. The second-order valence-corrected chi connectivity index (χ2v) is 5.24. The lowest BCUT2D eigenvalue weighted by Crippen LogP contribution is -2.61. The molecule has 124 valence electrons. The quantitative estimate of drug-likeness (QED) is 0.426. The van der Waals surface area contributed by atoms with Gasteiger partial charge in [-0.05, 0) is 12.1 Å². The number of hydrogen-bond donors (Lipinski definition) is 6. The number of aliphatic carboxylic acids is 1. The molecule has 0 bridgehead atoms. The van der Waals surface area contributed by atoms with E-state index in [0.29, 0.717) is 5.52 Å². The zero-order valence-corrected chi connectivity index (χ0v) is 11.7. The molecule has 9 nitrogen and oxygen atoms in total. The van der Waals surface area contributed by atoms with Crippen LogP contribution >= 0.6 is 0 Å². The van der Waals surface area contributed by atoms with Crippen molar-refractivity contribution in [3.05, 3.63) is 24.4 Å². The molecular formula is C14H15NO8. The van der Waals surface area contributed by atoms with Crippen molar-refractivity contribution >= 4 is 16.9 Å². The molecule has 1 aliphatic heterocycles. The largest absolute Gasteiger partial charge is 0.504 e. The first-order valence-electron chi connectivity index (χ1n) is 6.77. The summed E-state index contributed by atoms with van der Waals surface area (Å²) in [6, 6.07) is 4.58. The average Bonchev–Trinajstić information content (AvgIpc) is 2.94. The number of carbonyl (C=O) groups is 1. The molecule has 2 aromatic rings. The Bertz CT molecular complexity index is 729. The summed E-state index contributed by atoms with van der Waals surface area (Å²) in [6.07, 6.45) is -6.96. The number of aromatic hydroxyl groups is 1. The van der Waals surface area contributed by atoms with Crippen molar-refractivity contribution in [1.82, 2.24) is 4.98 Å². The Morgan fingerprint density at radius 2 is 1.91 bits per heavy atom. The summed E-state index contributed by atoms with van der Waals surface area (Å²) in [7, 11) is 0. The van der Waals surface area contributed by atoms with E-state index in [1.807, 2.05) is 0 Å². The van der Waals surface area contributed by atoms with E-state index in [1.54, 1.807) is 12.3 Å². The van der Waals surface area contributed by atoms with Crippen LogP contribution in [0, 0.1) is 0 Å². The number of hydrogen-bond acceptors (Lipinski definition) is 7. The molecule has 1 fully saturated rings. The van der Waals surface area contributed by atoms with Crippen LogP contribution in [0.1, 0.15) is 0 Å². The number of rotatable bonds is 3. The van der Waals surface area contributed by atoms with Crippen LogP contribution in [0.2, 0.25) is 0 Å². The van der Waals surface area contributed by atoms with Gasteiger partial charge in [0, 0.05) is 23.2 Å². The number of carboxylic acid groups (broad SMARTS) is 1. The van der Waals surface area contributed by atoms with E-state index in [9.17, 15) is 25.2 Å². The summed E-state index contributed by atoms with van der Waals surface area (Å²) in [5.74, 6) is -1.83. The molecule has 9 heteroatoms. The number of phenolic OH excluding ortho intramolecular Hbond substituents is 1. The van der Waals surface area contributed by atoms with Crippen LogP contribution in [0.25, 0.3) is 10.9 Å². The number of ether oxygens (including phenoxy) is 2. The van der Waals surface area contributed by atoms with E-state index < -0.39 is 36.7 Å². The number of fused-ring (bicyclic) bond motifs is 1. The van der Waals surface area contributed by atoms with E-state index in [1.165, 1.54) is 12.1 Å². The molecule has 0 aliphatic carbocycles. The number of carboxylic acids is 1. The van der Waals surface area contributed by atoms with Gasteiger partial charge in [0.05, 0.1) is 0 Å². The molecule has 23 heavy (non-hydrogen) atoms. The maximum atomic E-state index is 11.0. The first-order valence-corrected chi connectivity index (χ1v) is 6.77. The van der Waals surface area contributed by atoms with Crippen molar-refractivity contribution in [2.24, 2.45) is 0 Å². The van der Waals surface area contributed by atoms with Gasteiger partial charge in [0.2, 0.25) is 6.29 Å². The summed E-state index contributed by atoms with van der Waals surface area (Å²) < 4.78 is 10.3. The van der Waals surface area contributed by atoms with Crippen molar-refractivity contribution < 1.29 is 39.8 Å². The molecule has 0 radical (unpaired) electrons. The van der Waals surface area contributed by atoms with Crippen LogP contribution < -0.4 is 4.74 Å². The van der Waals surface area contributed by atoms with Gasteiger partial charge in [0.15, 0.2) is 17.6 Å². The van der Waals surface area contributed by atoms with Gasteiger partial charge in [-0.2, -0.15) is 0 Å². The summed E-state index contributed by atoms with van der Waals surface area (Å²) in [5, 5.41) is 48.9. The minimum absolute atomic E-state index is 0.0725. The third-order valence-corrected chi connectivity index (χ3v) is 3.69. The topological polar surface area (TPSA) is 152 Å². The van der Waals surface area contributed by atoms with Crippen molar-refractivity contribution in [3.63, 3.8) is 0 Å². The Balaban J connectivity index is 1.87. The predicted molar refractivity (Wildman–Crippen MR) is 74.9 cm³/mol. The van der Waals surface area contributed by atoms with Crippen molar-refractivity contribution in [2.45, 2.75) is 30.7 Å². The highest BCUT2D eigenvalue weighted by Gasteiger charge is 2.48. The van der Waals surface area contributed by atoms with Crippen molar-refractivity contribution in [2.75, 3.05) is 0 Å². The first-order chi connectivity index (χ1) is 10.9. The number of H-pyrrole nitrogens is 1. The number of aliphatic hydroxyl groups excluding tert-OH is 3. The van der Waals surface area contributed by atoms with Crippen molar-refractivity contribution in [3.8, 4) is 11.5 Å². The molecule has 1 aliphatic rings. The highest BCUT2D eigenvalue weighted by Crippen LogP contribution is 2.33. The van der Waals surface area contributed by atoms with E-state index in [2.05, 4.69) is 4.98 Å². The molecule has 5 atom stereocenters. The van der Waals surface area contributed by atoms with Gasteiger partial charge in [0.25, 0.3) is 0 Å². The Hall–Kier alpha value is -2.33. The number of aliphatic hydroxyl groups is 3. The maximum absolute atomic E-state index is 11.0. The summed E-state index contributed by atoms with van der Waals surface area (Å²) in [4.78, 5) is 13.9. The normalized spacial score (nSPS) is 31.2.